The lowest BCUT2D eigenvalue weighted by molar-refractivity contribution is -0.120. The van der Waals surface area contributed by atoms with Crippen LogP contribution in [0.3, 0.4) is 0 Å². The van der Waals surface area contributed by atoms with E-state index in [1.165, 1.54) is 0 Å². The monoisotopic (exact) mass is 298 g/mol. The minimum Gasteiger partial charge on any atom is -0.351 e. The lowest BCUT2D eigenvalue weighted by atomic mass is 10.1. The molecule has 0 aliphatic rings. The van der Waals surface area contributed by atoms with E-state index in [4.69, 9.17) is 5.73 Å². The summed E-state index contributed by atoms with van der Waals surface area (Å²) in [5.41, 5.74) is 8.52. The number of hydrogen-bond donors (Lipinski definition) is 2. The van der Waals surface area contributed by atoms with Crippen molar-refractivity contribution >= 4 is 17.2 Å². The predicted molar refractivity (Wildman–Crippen MR) is 87.0 cm³/mol. The van der Waals surface area contributed by atoms with Crippen LogP contribution in [0.15, 0.2) is 35.7 Å². The molecular weight excluding hydrogens is 280 g/mol. The van der Waals surface area contributed by atoms with E-state index in [0.29, 0.717) is 19.5 Å². The Balaban J connectivity index is 1.93. The van der Waals surface area contributed by atoms with Gasteiger partial charge in [-0.15, -0.1) is 11.3 Å². The Labute approximate surface area is 129 Å². The van der Waals surface area contributed by atoms with Crippen molar-refractivity contribution in [2.75, 3.05) is 6.54 Å². The van der Waals surface area contributed by atoms with Crippen molar-refractivity contribution in [2.24, 2.45) is 5.73 Å². The summed E-state index contributed by atoms with van der Waals surface area (Å²) in [7, 11) is 0. The minimum atomic E-state index is 0.0236. The Morgan fingerprint density at radius 1 is 1.33 bits per heavy atom. The molecule has 3 N–H and O–H groups in total. The molecule has 0 atom stereocenters. The van der Waals surface area contributed by atoms with E-state index in [-0.39, 0.29) is 5.91 Å². The molecule has 2 aromatic rings. The lowest BCUT2D eigenvalue weighted by Crippen LogP contribution is -2.24. The van der Waals surface area contributed by atoms with Crippen LogP contribution in [0, 0.1) is 18.8 Å². The number of nitrogens with one attached hydrogen (secondary N) is 1. The quantitative estimate of drug-likeness (QED) is 0.851. The van der Waals surface area contributed by atoms with Crippen molar-refractivity contribution in [3.05, 3.63) is 57.3 Å². The van der Waals surface area contributed by atoms with Crippen LogP contribution in [0.4, 0.5) is 0 Å². The van der Waals surface area contributed by atoms with Crippen molar-refractivity contribution in [1.82, 2.24) is 5.32 Å². The topological polar surface area (TPSA) is 55.1 Å². The van der Waals surface area contributed by atoms with Crippen LogP contribution in [0.2, 0.25) is 0 Å². The van der Waals surface area contributed by atoms with Crippen molar-refractivity contribution in [2.45, 2.75) is 19.9 Å². The number of hydrogen-bond acceptors (Lipinski definition) is 3. The van der Waals surface area contributed by atoms with Gasteiger partial charge in [-0.3, -0.25) is 4.79 Å². The maximum atomic E-state index is 12.0. The lowest BCUT2D eigenvalue weighted by Gasteiger charge is -2.07. The normalized spacial score (nSPS) is 9.81. The number of thiophene rings is 1. The standard InChI is InChI=1S/C17H18N2OS/c1-13-5-2-3-6-15(13)11-17(20)19-12-16-14(7-4-9-18)8-10-21-16/h2-3,5-6,8,10H,9,11-12,18H2,1H3,(H,19,20). The highest BCUT2D eigenvalue weighted by Crippen LogP contribution is 2.15. The van der Waals surface area contributed by atoms with Crippen LogP contribution in [-0.4, -0.2) is 12.5 Å². The van der Waals surface area contributed by atoms with Gasteiger partial charge in [0.15, 0.2) is 0 Å². The van der Waals surface area contributed by atoms with Gasteiger partial charge in [0.1, 0.15) is 0 Å². The molecule has 1 heterocycles. The number of carbonyl (C=O) groups is 1. The van der Waals surface area contributed by atoms with Crippen molar-refractivity contribution < 1.29 is 4.79 Å². The summed E-state index contributed by atoms with van der Waals surface area (Å²) in [6.07, 6.45) is 0.405. The molecule has 0 saturated heterocycles. The molecule has 108 valence electrons. The molecule has 0 aliphatic heterocycles. The minimum absolute atomic E-state index is 0.0236. The van der Waals surface area contributed by atoms with Gasteiger partial charge in [-0.2, -0.15) is 0 Å². The average Bonchev–Trinajstić information content (AvgIpc) is 2.93. The first-order valence-electron chi connectivity index (χ1n) is 6.77. The Hall–Kier alpha value is -2.09. The molecule has 0 saturated carbocycles. The fourth-order valence-electron chi connectivity index (χ4n) is 1.96. The maximum Gasteiger partial charge on any atom is 0.224 e. The Morgan fingerprint density at radius 3 is 2.90 bits per heavy atom. The van der Waals surface area contributed by atoms with E-state index >= 15 is 0 Å². The fourth-order valence-corrected chi connectivity index (χ4v) is 2.73. The van der Waals surface area contributed by atoms with Gasteiger partial charge >= 0.3 is 0 Å². The van der Waals surface area contributed by atoms with Gasteiger partial charge in [-0.05, 0) is 29.5 Å². The number of aryl methyl sites for hydroxylation is 1. The molecular formula is C17H18N2OS. The molecule has 21 heavy (non-hydrogen) atoms. The van der Waals surface area contributed by atoms with Gasteiger partial charge in [0.25, 0.3) is 0 Å². The second-order valence-electron chi connectivity index (χ2n) is 4.64. The Morgan fingerprint density at radius 2 is 2.14 bits per heavy atom. The average molecular weight is 298 g/mol. The molecule has 0 aliphatic carbocycles. The SMILES string of the molecule is Cc1ccccc1CC(=O)NCc1sccc1C#CCN. The zero-order chi connectivity index (χ0) is 15.1. The predicted octanol–water partition coefficient (Wildman–Crippen LogP) is 2.23. The van der Waals surface area contributed by atoms with Gasteiger partial charge < -0.3 is 11.1 Å². The molecule has 1 amide bonds. The highest BCUT2D eigenvalue weighted by Gasteiger charge is 2.07. The summed E-state index contributed by atoms with van der Waals surface area (Å²) in [5, 5.41) is 4.93. The first kappa shape index (κ1) is 15.3. The second kappa shape index (κ2) is 7.63. The zero-order valence-corrected chi connectivity index (χ0v) is 12.8. The van der Waals surface area contributed by atoms with Gasteiger partial charge in [0.05, 0.1) is 19.5 Å². The molecule has 1 aromatic carbocycles. The van der Waals surface area contributed by atoms with E-state index in [9.17, 15) is 4.79 Å². The molecule has 0 bridgehead atoms. The molecule has 3 nitrogen and oxygen atoms in total. The molecule has 0 spiro atoms. The first-order chi connectivity index (χ1) is 10.2. The van der Waals surface area contributed by atoms with Crippen LogP contribution >= 0.6 is 11.3 Å². The summed E-state index contributed by atoms with van der Waals surface area (Å²) in [6, 6.07) is 9.89. The molecule has 1 aromatic heterocycles. The number of rotatable bonds is 4. The van der Waals surface area contributed by atoms with Crippen LogP contribution in [0.5, 0.6) is 0 Å². The third-order valence-electron chi connectivity index (χ3n) is 3.13. The summed E-state index contributed by atoms with van der Waals surface area (Å²) in [6.45, 7) is 2.87. The molecule has 4 heteroatoms. The van der Waals surface area contributed by atoms with Gasteiger partial charge in [0.2, 0.25) is 5.91 Å². The molecule has 0 fully saturated rings. The smallest absolute Gasteiger partial charge is 0.224 e. The Kier molecular flexibility index (Phi) is 5.56. The third-order valence-corrected chi connectivity index (χ3v) is 4.05. The van der Waals surface area contributed by atoms with Crippen LogP contribution in [0.1, 0.15) is 21.6 Å². The number of nitrogens with two attached hydrogens (primary N) is 1. The van der Waals surface area contributed by atoms with E-state index in [1.54, 1.807) is 11.3 Å². The van der Waals surface area contributed by atoms with Crippen LogP contribution in [0.25, 0.3) is 0 Å². The van der Waals surface area contributed by atoms with Crippen LogP contribution < -0.4 is 11.1 Å². The van der Waals surface area contributed by atoms with Crippen LogP contribution in [-0.2, 0) is 17.8 Å². The van der Waals surface area contributed by atoms with Crippen molar-refractivity contribution in [1.29, 1.82) is 0 Å². The summed E-state index contributed by atoms with van der Waals surface area (Å²) < 4.78 is 0. The first-order valence-corrected chi connectivity index (χ1v) is 7.65. The maximum absolute atomic E-state index is 12.0. The summed E-state index contributed by atoms with van der Waals surface area (Å²) >= 11 is 1.59. The fraction of sp³-hybridized carbons (Fsp3) is 0.235. The number of amides is 1. The number of carbonyl (C=O) groups excluding carboxylic acids is 1. The summed E-state index contributed by atoms with van der Waals surface area (Å²) in [4.78, 5) is 13.1. The molecule has 0 radical (unpaired) electrons. The molecule has 2 rings (SSSR count). The summed E-state index contributed by atoms with van der Waals surface area (Å²) in [5.74, 6) is 5.88. The third kappa shape index (κ3) is 4.45. The van der Waals surface area contributed by atoms with Gasteiger partial charge in [-0.25, -0.2) is 0 Å². The highest BCUT2D eigenvalue weighted by atomic mass is 32.1. The number of benzene rings is 1. The Bertz CT molecular complexity index is 679. The zero-order valence-electron chi connectivity index (χ0n) is 12.0. The van der Waals surface area contributed by atoms with Crippen molar-refractivity contribution in [3.8, 4) is 11.8 Å². The van der Waals surface area contributed by atoms with Crippen molar-refractivity contribution in [3.63, 3.8) is 0 Å². The van der Waals surface area contributed by atoms with E-state index in [0.717, 1.165) is 21.6 Å². The molecule has 0 unspecified atom stereocenters. The van der Waals surface area contributed by atoms with Gasteiger partial charge in [-0.1, -0.05) is 36.1 Å². The largest absolute Gasteiger partial charge is 0.351 e. The highest BCUT2D eigenvalue weighted by molar-refractivity contribution is 7.10. The van der Waals surface area contributed by atoms with E-state index < -0.39 is 0 Å². The van der Waals surface area contributed by atoms with E-state index in [1.807, 2.05) is 42.6 Å². The van der Waals surface area contributed by atoms with E-state index in [2.05, 4.69) is 17.2 Å². The van der Waals surface area contributed by atoms with Gasteiger partial charge in [0, 0.05) is 10.4 Å². The second-order valence-corrected chi connectivity index (χ2v) is 5.64.